The van der Waals surface area contributed by atoms with Crippen molar-refractivity contribution in [2.75, 3.05) is 23.7 Å². The normalized spacial score (nSPS) is 12.7. The van der Waals surface area contributed by atoms with Gasteiger partial charge in [-0.25, -0.2) is 8.42 Å². The van der Waals surface area contributed by atoms with Crippen LogP contribution in [0.4, 0.5) is 5.69 Å². The van der Waals surface area contributed by atoms with Crippen molar-refractivity contribution in [1.82, 2.24) is 10.2 Å². The summed E-state index contributed by atoms with van der Waals surface area (Å²) in [7, 11) is -3.77. The number of halogens is 1. The van der Waals surface area contributed by atoms with Gasteiger partial charge in [0.05, 0.1) is 11.9 Å². The molecule has 0 aliphatic rings. The number of nitrogens with zero attached hydrogens (tertiary/aromatic N) is 2. The Balaban J connectivity index is 2.40. The van der Waals surface area contributed by atoms with Gasteiger partial charge in [-0.05, 0) is 48.6 Å². The van der Waals surface area contributed by atoms with E-state index in [2.05, 4.69) is 26.1 Å². The number of hydrogen-bond donors (Lipinski definition) is 1. The van der Waals surface area contributed by atoms with Crippen molar-refractivity contribution in [3.63, 3.8) is 0 Å². The maximum absolute atomic E-state index is 13.5. The van der Waals surface area contributed by atoms with E-state index in [4.69, 9.17) is 11.6 Å². The summed E-state index contributed by atoms with van der Waals surface area (Å²) in [4.78, 5) is 27.4. The minimum absolute atomic E-state index is 0.0668. The fourth-order valence-electron chi connectivity index (χ4n) is 3.46. The van der Waals surface area contributed by atoms with Gasteiger partial charge in [0.1, 0.15) is 12.6 Å². The van der Waals surface area contributed by atoms with Crippen LogP contribution in [0.25, 0.3) is 0 Å². The lowest BCUT2D eigenvalue weighted by Crippen LogP contribution is -2.51. The van der Waals surface area contributed by atoms with Crippen LogP contribution in [0.15, 0.2) is 48.5 Å². The van der Waals surface area contributed by atoms with E-state index in [1.165, 1.54) is 4.90 Å². The summed E-state index contributed by atoms with van der Waals surface area (Å²) in [6.07, 6.45) is 1.06. The average molecular weight is 508 g/mol. The molecular weight excluding hydrogens is 474 g/mol. The monoisotopic (exact) mass is 507 g/mol. The first kappa shape index (κ1) is 27.7. The maximum Gasteiger partial charge on any atom is 0.244 e. The molecule has 2 aromatic carbocycles. The molecule has 186 valence electrons. The quantitative estimate of drug-likeness (QED) is 0.556. The van der Waals surface area contributed by atoms with E-state index in [9.17, 15) is 18.0 Å². The average Bonchev–Trinajstić information content (AvgIpc) is 2.75. The smallest absolute Gasteiger partial charge is 0.244 e. The lowest BCUT2D eigenvalue weighted by atomic mass is 9.87. The predicted molar refractivity (Wildman–Crippen MR) is 137 cm³/mol. The summed E-state index contributed by atoms with van der Waals surface area (Å²) in [5.41, 5.74) is 1.99. The highest BCUT2D eigenvalue weighted by Gasteiger charge is 2.30. The topological polar surface area (TPSA) is 86.8 Å². The number of carbonyl (C=O) groups is 2. The number of carbonyl (C=O) groups excluding carboxylic acids is 2. The minimum atomic E-state index is -3.77. The van der Waals surface area contributed by atoms with Crippen LogP contribution >= 0.6 is 11.6 Å². The largest absolute Gasteiger partial charge is 0.355 e. The molecule has 2 rings (SSSR count). The molecule has 0 saturated heterocycles. The second-order valence-electron chi connectivity index (χ2n) is 9.25. The molecular formula is C25H34ClN3O4S. The van der Waals surface area contributed by atoms with E-state index in [1.807, 2.05) is 12.1 Å². The SMILES string of the molecule is CCNC(=O)[C@H](C)N(Cc1ccccc1Cl)C(=O)CN(c1ccc(C(C)(C)C)cc1)S(C)(=O)=O. The molecule has 0 heterocycles. The van der Waals surface area contributed by atoms with Crippen molar-refractivity contribution in [1.29, 1.82) is 0 Å². The van der Waals surface area contributed by atoms with Gasteiger partial charge >= 0.3 is 0 Å². The second kappa shape index (κ2) is 11.2. The van der Waals surface area contributed by atoms with Crippen molar-refractivity contribution in [3.8, 4) is 0 Å². The van der Waals surface area contributed by atoms with Crippen LogP contribution in [0.5, 0.6) is 0 Å². The highest BCUT2D eigenvalue weighted by atomic mass is 35.5. The predicted octanol–water partition coefficient (Wildman–Crippen LogP) is 3.96. The molecule has 2 aromatic rings. The van der Waals surface area contributed by atoms with Crippen molar-refractivity contribution in [2.24, 2.45) is 0 Å². The van der Waals surface area contributed by atoms with E-state index in [0.29, 0.717) is 22.8 Å². The molecule has 0 aliphatic carbocycles. The van der Waals surface area contributed by atoms with Gasteiger partial charge in [0.15, 0.2) is 0 Å². The number of benzene rings is 2. The standard InChI is InChI=1S/C25H34ClN3O4S/c1-7-27-24(31)18(2)28(16-19-10-8-9-11-22(19)26)23(30)17-29(34(6,32)33)21-14-12-20(13-15-21)25(3,4)5/h8-15,18H,7,16-17H2,1-6H3,(H,27,31)/t18-/m0/s1. The van der Waals surface area contributed by atoms with Crippen LogP contribution in [0.2, 0.25) is 5.02 Å². The van der Waals surface area contributed by atoms with Crippen LogP contribution in [0.3, 0.4) is 0 Å². The number of hydrogen-bond acceptors (Lipinski definition) is 4. The molecule has 1 N–H and O–H groups in total. The fraction of sp³-hybridized carbons (Fsp3) is 0.440. The number of rotatable bonds is 9. The Kier molecular flexibility index (Phi) is 9.14. The Bertz CT molecular complexity index is 1110. The summed E-state index contributed by atoms with van der Waals surface area (Å²) >= 11 is 6.30. The maximum atomic E-state index is 13.5. The van der Waals surface area contributed by atoms with Gasteiger partial charge in [0.2, 0.25) is 21.8 Å². The van der Waals surface area contributed by atoms with Gasteiger partial charge in [-0.1, -0.05) is 62.7 Å². The molecule has 0 unspecified atom stereocenters. The number of nitrogens with one attached hydrogen (secondary N) is 1. The molecule has 9 heteroatoms. The molecule has 1 atom stereocenters. The summed E-state index contributed by atoms with van der Waals surface area (Å²) in [6, 6.07) is 13.3. The van der Waals surface area contributed by atoms with Crippen LogP contribution < -0.4 is 9.62 Å². The van der Waals surface area contributed by atoms with Crippen LogP contribution in [0, 0.1) is 0 Å². The van der Waals surface area contributed by atoms with Crippen molar-refractivity contribution >= 4 is 39.1 Å². The van der Waals surface area contributed by atoms with Crippen LogP contribution in [-0.4, -0.2) is 50.5 Å². The fourth-order valence-corrected chi connectivity index (χ4v) is 4.50. The molecule has 0 radical (unpaired) electrons. The molecule has 0 aromatic heterocycles. The van der Waals surface area contributed by atoms with Crippen molar-refractivity contribution < 1.29 is 18.0 Å². The highest BCUT2D eigenvalue weighted by Crippen LogP contribution is 2.26. The third-order valence-corrected chi connectivity index (χ3v) is 7.03. The van der Waals surface area contributed by atoms with E-state index in [1.54, 1.807) is 50.2 Å². The second-order valence-corrected chi connectivity index (χ2v) is 11.6. The number of amides is 2. The number of likely N-dealkylation sites (N-methyl/N-ethyl adjacent to an activating group) is 1. The van der Waals surface area contributed by atoms with E-state index in [-0.39, 0.29) is 17.9 Å². The molecule has 0 bridgehead atoms. The molecule has 0 saturated carbocycles. The van der Waals surface area contributed by atoms with Gasteiger partial charge in [0, 0.05) is 18.1 Å². The van der Waals surface area contributed by atoms with Crippen LogP contribution in [0.1, 0.15) is 45.7 Å². The summed E-state index contributed by atoms with van der Waals surface area (Å²) in [6.45, 7) is 9.63. The molecule has 7 nitrogen and oxygen atoms in total. The van der Waals surface area contributed by atoms with Gasteiger partial charge in [0.25, 0.3) is 0 Å². The third-order valence-electron chi connectivity index (χ3n) is 5.52. The Morgan fingerprint density at radius 3 is 2.15 bits per heavy atom. The Labute approximate surface area is 208 Å². The van der Waals surface area contributed by atoms with Crippen molar-refractivity contribution in [3.05, 3.63) is 64.7 Å². The Morgan fingerprint density at radius 2 is 1.65 bits per heavy atom. The first-order chi connectivity index (χ1) is 15.8. The van der Waals surface area contributed by atoms with Gasteiger partial charge < -0.3 is 10.2 Å². The third kappa shape index (κ3) is 7.21. The highest BCUT2D eigenvalue weighted by molar-refractivity contribution is 7.92. The lowest BCUT2D eigenvalue weighted by molar-refractivity contribution is -0.139. The summed E-state index contributed by atoms with van der Waals surface area (Å²) in [5.74, 6) is -0.840. The summed E-state index contributed by atoms with van der Waals surface area (Å²) < 4.78 is 26.4. The zero-order valence-electron chi connectivity index (χ0n) is 20.6. The summed E-state index contributed by atoms with van der Waals surface area (Å²) in [5, 5.41) is 3.18. The molecule has 34 heavy (non-hydrogen) atoms. The van der Waals surface area contributed by atoms with Gasteiger partial charge in [-0.2, -0.15) is 0 Å². The van der Waals surface area contributed by atoms with E-state index in [0.717, 1.165) is 16.1 Å². The van der Waals surface area contributed by atoms with E-state index >= 15 is 0 Å². The Morgan fingerprint density at radius 1 is 1.06 bits per heavy atom. The van der Waals surface area contributed by atoms with Crippen molar-refractivity contribution in [2.45, 2.75) is 52.6 Å². The van der Waals surface area contributed by atoms with Gasteiger partial charge in [-0.3, -0.25) is 13.9 Å². The van der Waals surface area contributed by atoms with E-state index < -0.39 is 28.5 Å². The molecule has 2 amide bonds. The molecule has 0 fully saturated rings. The lowest BCUT2D eigenvalue weighted by Gasteiger charge is -2.31. The Hall–Kier alpha value is -2.58. The first-order valence-corrected chi connectivity index (χ1v) is 13.4. The number of sulfonamides is 1. The zero-order valence-corrected chi connectivity index (χ0v) is 22.2. The zero-order chi connectivity index (χ0) is 25.7. The molecule has 0 aliphatic heterocycles. The molecule has 0 spiro atoms. The van der Waals surface area contributed by atoms with Gasteiger partial charge in [-0.15, -0.1) is 0 Å². The van der Waals surface area contributed by atoms with Crippen LogP contribution in [-0.2, 0) is 31.6 Å². The minimum Gasteiger partial charge on any atom is -0.355 e. The first-order valence-electron chi connectivity index (χ1n) is 11.1. The number of anilines is 1.